The molecule has 2 N–H and O–H groups in total. The first-order valence-corrected chi connectivity index (χ1v) is 8.59. The van der Waals surface area contributed by atoms with Crippen molar-refractivity contribution in [1.82, 2.24) is 20.4 Å². The molecule has 1 rings (SSSR count). The third kappa shape index (κ3) is 7.64. The first-order chi connectivity index (χ1) is 10.7. The van der Waals surface area contributed by atoms with E-state index in [1.54, 1.807) is 6.92 Å². The summed E-state index contributed by atoms with van der Waals surface area (Å²) in [5.41, 5.74) is 0. The molecule has 6 heteroatoms. The van der Waals surface area contributed by atoms with Gasteiger partial charge >= 0.3 is 0 Å². The van der Waals surface area contributed by atoms with Gasteiger partial charge in [0.15, 0.2) is 5.96 Å². The first kappa shape index (κ1) is 18.7. The maximum atomic E-state index is 11.3. The molecule has 0 radical (unpaired) electrons. The zero-order chi connectivity index (χ0) is 16.2. The van der Waals surface area contributed by atoms with Crippen molar-refractivity contribution in [3.63, 3.8) is 0 Å². The number of nitrogens with one attached hydrogen (secondary N) is 2. The number of unbranched alkanes of at least 4 members (excludes halogenated alkanes) is 3. The Morgan fingerprint density at radius 3 is 2.32 bits per heavy atom. The van der Waals surface area contributed by atoms with Gasteiger partial charge < -0.3 is 15.5 Å². The molecule has 0 bridgehead atoms. The number of hydrogen-bond acceptors (Lipinski definition) is 3. The molecule has 0 spiro atoms. The highest BCUT2D eigenvalue weighted by molar-refractivity contribution is 5.79. The smallest absolute Gasteiger partial charge is 0.219 e. The second-order valence-corrected chi connectivity index (χ2v) is 5.83. The lowest BCUT2D eigenvalue weighted by Gasteiger charge is -2.34. The molecule has 1 heterocycles. The molecule has 0 aliphatic carbocycles. The highest BCUT2D eigenvalue weighted by Crippen LogP contribution is 2.01. The quantitative estimate of drug-likeness (QED) is 0.397. The summed E-state index contributed by atoms with van der Waals surface area (Å²) in [5.74, 6) is 1.07. The van der Waals surface area contributed by atoms with E-state index in [1.165, 1.54) is 25.7 Å². The van der Waals surface area contributed by atoms with Crippen LogP contribution in [0.3, 0.4) is 0 Å². The minimum absolute atomic E-state index is 0.186. The lowest BCUT2D eigenvalue weighted by atomic mass is 10.2. The second-order valence-electron chi connectivity index (χ2n) is 5.83. The van der Waals surface area contributed by atoms with Gasteiger partial charge in [0, 0.05) is 59.8 Å². The molecule has 1 saturated heterocycles. The Morgan fingerprint density at radius 2 is 1.73 bits per heavy atom. The summed E-state index contributed by atoms with van der Waals surface area (Å²) >= 11 is 0. The van der Waals surface area contributed by atoms with Crippen LogP contribution >= 0.6 is 0 Å². The molecule has 22 heavy (non-hydrogen) atoms. The van der Waals surface area contributed by atoms with Crippen molar-refractivity contribution in [2.45, 2.75) is 39.5 Å². The van der Waals surface area contributed by atoms with Gasteiger partial charge in [-0.2, -0.15) is 0 Å². The largest absolute Gasteiger partial charge is 0.356 e. The standard InChI is InChI=1S/C16H33N5O/c1-4-5-6-7-8-18-16(17-3)19-9-10-20-11-13-21(14-12-20)15(2)22/h4-14H2,1-3H3,(H2,17,18,19). The fourth-order valence-corrected chi connectivity index (χ4v) is 2.60. The molecule has 0 unspecified atom stereocenters. The molecule has 0 aromatic carbocycles. The van der Waals surface area contributed by atoms with E-state index in [9.17, 15) is 4.79 Å². The molecule has 0 atom stereocenters. The fourth-order valence-electron chi connectivity index (χ4n) is 2.60. The van der Waals surface area contributed by atoms with Gasteiger partial charge in [0.25, 0.3) is 0 Å². The highest BCUT2D eigenvalue weighted by Gasteiger charge is 2.17. The Bertz CT molecular complexity index is 337. The number of amides is 1. The number of aliphatic imine (C=N–C) groups is 1. The maximum Gasteiger partial charge on any atom is 0.219 e. The third-order valence-corrected chi connectivity index (χ3v) is 4.08. The van der Waals surface area contributed by atoms with Crippen LogP contribution in [0.1, 0.15) is 39.5 Å². The Kier molecular flexibility index (Phi) is 9.62. The summed E-state index contributed by atoms with van der Waals surface area (Å²) in [6.07, 6.45) is 5.05. The van der Waals surface area contributed by atoms with Crippen molar-refractivity contribution < 1.29 is 4.79 Å². The summed E-state index contributed by atoms with van der Waals surface area (Å²) in [7, 11) is 1.81. The van der Waals surface area contributed by atoms with E-state index in [1.807, 2.05) is 11.9 Å². The molecular weight excluding hydrogens is 278 g/mol. The molecular formula is C16H33N5O. The van der Waals surface area contributed by atoms with Crippen molar-refractivity contribution in [3.8, 4) is 0 Å². The predicted octanol–water partition coefficient (Wildman–Crippen LogP) is 0.896. The molecule has 0 saturated carbocycles. The van der Waals surface area contributed by atoms with Crippen LogP contribution < -0.4 is 10.6 Å². The number of piperazine rings is 1. The number of carbonyl (C=O) groups is 1. The average molecular weight is 311 g/mol. The Hall–Kier alpha value is -1.30. The Balaban J connectivity index is 2.08. The first-order valence-electron chi connectivity index (χ1n) is 8.59. The Labute approximate surface area is 135 Å². The van der Waals surface area contributed by atoms with Gasteiger partial charge in [0.2, 0.25) is 5.91 Å². The zero-order valence-electron chi connectivity index (χ0n) is 14.5. The number of carbonyl (C=O) groups excluding carboxylic acids is 1. The van der Waals surface area contributed by atoms with E-state index >= 15 is 0 Å². The van der Waals surface area contributed by atoms with Crippen LogP contribution in [0.2, 0.25) is 0 Å². The van der Waals surface area contributed by atoms with Gasteiger partial charge in [0.1, 0.15) is 0 Å². The van der Waals surface area contributed by atoms with E-state index in [0.717, 1.165) is 51.8 Å². The zero-order valence-corrected chi connectivity index (χ0v) is 14.5. The average Bonchev–Trinajstić information content (AvgIpc) is 2.53. The molecule has 128 valence electrons. The second kappa shape index (κ2) is 11.3. The van der Waals surface area contributed by atoms with Gasteiger partial charge in [-0.1, -0.05) is 26.2 Å². The lowest BCUT2D eigenvalue weighted by Crippen LogP contribution is -2.50. The lowest BCUT2D eigenvalue weighted by molar-refractivity contribution is -0.130. The highest BCUT2D eigenvalue weighted by atomic mass is 16.2. The van der Waals surface area contributed by atoms with Crippen molar-refractivity contribution >= 4 is 11.9 Å². The topological polar surface area (TPSA) is 60.0 Å². The number of nitrogens with zero attached hydrogens (tertiary/aromatic N) is 3. The molecule has 1 fully saturated rings. The SMILES string of the molecule is CCCCCCNC(=NC)NCCN1CCN(C(C)=O)CC1. The van der Waals surface area contributed by atoms with Crippen molar-refractivity contribution in [3.05, 3.63) is 0 Å². The molecule has 1 aliphatic rings. The van der Waals surface area contributed by atoms with Gasteiger partial charge in [-0.3, -0.25) is 14.7 Å². The van der Waals surface area contributed by atoms with Crippen LogP contribution in [0.15, 0.2) is 4.99 Å². The van der Waals surface area contributed by atoms with E-state index in [2.05, 4.69) is 27.4 Å². The van der Waals surface area contributed by atoms with Crippen LogP contribution in [0.5, 0.6) is 0 Å². The van der Waals surface area contributed by atoms with E-state index in [0.29, 0.717) is 0 Å². The summed E-state index contributed by atoms with van der Waals surface area (Å²) in [6, 6.07) is 0. The van der Waals surface area contributed by atoms with Gasteiger partial charge in [-0.25, -0.2) is 0 Å². The third-order valence-electron chi connectivity index (χ3n) is 4.08. The van der Waals surface area contributed by atoms with Crippen LogP contribution in [0, 0.1) is 0 Å². The van der Waals surface area contributed by atoms with Crippen molar-refractivity contribution in [2.75, 3.05) is 52.9 Å². The molecule has 1 aliphatic heterocycles. The van der Waals surface area contributed by atoms with Crippen LogP contribution in [-0.4, -0.2) is 74.5 Å². The van der Waals surface area contributed by atoms with Crippen molar-refractivity contribution in [1.29, 1.82) is 0 Å². The van der Waals surface area contributed by atoms with Gasteiger partial charge in [-0.15, -0.1) is 0 Å². The summed E-state index contributed by atoms with van der Waals surface area (Å²) < 4.78 is 0. The fraction of sp³-hybridized carbons (Fsp3) is 0.875. The normalized spacial score (nSPS) is 16.7. The summed E-state index contributed by atoms with van der Waals surface area (Å²) in [6.45, 7) is 10.3. The molecule has 0 aromatic heterocycles. The summed E-state index contributed by atoms with van der Waals surface area (Å²) in [5, 5.41) is 6.71. The number of guanidine groups is 1. The molecule has 0 aromatic rings. The Morgan fingerprint density at radius 1 is 1.05 bits per heavy atom. The van der Waals surface area contributed by atoms with Crippen LogP contribution in [-0.2, 0) is 4.79 Å². The number of hydrogen-bond donors (Lipinski definition) is 2. The van der Waals surface area contributed by atoms with E-state index in [-0.39, 0.29) is 5.91 Å². The predicted molar refractivity (Wildman–Crippen MR) is 92.2 cm³/mol. The number of rotatable bonds is 8. The molecule has 1 amide bonds. The minimum atomic E-state index is 0.186. The van der Waals surface area contributed by atoms with Crippen LogP contribution in [0.4, 0.5) is 0 Å². The monoisotopic (exact) mass is 311 g/mol. The maximum absolute atomic E-state index is 11.3. The van der Waals surface area contributed by atoms with E-state index in [4.69, 9.17) is 0 Å². The molecule has 6 nitrogen and oxygen atoms in total. The summed E-state index contributed by atoms with van der Waals surface area (Å²) in [4.78, 5) is 19.8. The van der Waals surface area contributed by atoms with Gasteiger partial charge in [-0.05, 0) is 6.42 Å². The van der Waals surface area contributed by atoms with Gasteiger partial charge in [0.05, 0.1) is 0 Å². The van der Waals surface area contributed by atoms with E-state index < -0.39 is 0 Å². The minimum Gasteiger partial charge on any atom is -0.356 e. The van der Waals surface area contributed by atoms with Crippen molar-refractivity contribution in [2.24, 2.45) is 4.99 Å². The van der Waals surface area contributed by atoms with Crippen LogP contribution in [0.25, 0.3) is 0 Å².